The summed E-state index contributed by atoms with van der Waals surface area (Å²) in [6, 6.07) is 4.05. The molecule has 0 radical (unpaired) electrons. The van der Waals surface area contributed by atoms with Crippen molar-refractivity contribution in [3.8, 4) is 5.75 Å². The Labute approximate surface area is 117 Å². The molecule has 0 amide bonds. The van der Waals surface area contributed by atoms with E-state index in [0.717, 1.165) is 23.7 Å². The van der Waals surface area contributed by atoms with Crippen LogP contribution in [0.3, 0.4) is 0 Å². The van der Waals surface area contributed by atoms with Gasteiger partial charge in [-0.05, 0) is 43.5 Å². The van der Waals surface area contributed by atoms with Crippen LogP contribution in [0.2, 0.25) is 0 Å². The Morgan fingerprint density at radius 1 is 0.944 bits per heavy atom. The van der Waals surface area contributed by atoms with E-state index < -0.39 is 0 Å². The molecular formula is C16H26OS. The van der Waals surface area contributed by atoms with Crippen molar-refractivity contribution in [2.45, 2.75) is 64.2 Å². The van der Waals surface area contributed by atoms with Gasteiger partial charge in [0, 0.05) is 4.90 Å². The van der Waals surface area contributed by atoms with Crippen molar-refractivity contribution in [1.29, 1.82) is 0 Å². The molecule has 1 aromatic rings. The summed E-state index contributed by atoms with van der Waals surface area (Å²) in [7, 11) is 0. The first kappa shape index (κ1) is 15.4. The quantitative estimate of drug-likeness (QED) is 0.494. The zero-order chi connectivity index (χ0) is 13.4. The summed E-state index contributed by atoms with van der Waals surface area (Å²) < 4.78 is 5.85. The fraction of sp³-hybridized carbons (Fsp3) is 0.625. The number of hydrogen-bond donors (Lipinski definition) is 1. The van der Waals surface area contributed by atoms with Gasteiger partial charge in [-0.25, -0.2) is 0 Å². The molecule has 2 heteroatoms. The largest absolute Gasteiger partial charge is 0.493 e. The third kappa shape index (κ3) is 4.93. The topological polar surface area (TPSA) is 9.23 Å². The van der Waals surface area contributed by atoms with Crippen LogP contribution in [0, 0.1) is 13.8 Å². The molecule has 0 fully saturated rings. The van der Waals surface area contributed by atoms with Gasteiger partial charge in [-0.3, -0.25) is 0 Å². The van der Waals surface area contributed by atoms with Crippen LogP contribution >= 0.6 is 12.6 Å². The van der Waals surface area contributed by atoms with E-state index in [1.807, 2.05) is 12.1 Å². The fourth-order valence-electron chi connectivity index (χ4n) is 2.00. The van der Waals surface area contributed by atoms with Crippen LogP contribution in [-0.4, -0.2) is 6.61 Å². The predicted molar refractivity (Wildman–Crippen MR) is 82.0 cm³/mol. The number of rotatable bonds is 8. The summed E-state index contributed by atoms with van der Waals surface area (Å²) in [6.45, 7) is 7.28. The lowest BCUT2D eigenvalue weighted by Crippen LogP contribution is -2.00. The van der Waals surface area contributed by atoms with Crippen LogP contribution in [-0.2, 0) is 0 Å². The molecule has 1 rings (SSSR count). The third-order valence-electron chi connectivity index (χ3n) is 3.46. The molecule has 18 heavy (non-hydrogen) atoms. The highest BCUT2D eigenvalue weighted by Crippen LogP contribution is 2.26. The average molecular weight is 266 g/mol. The molecule has 102 valence electrons. The van der Waals surface area contributed by atoms with E-state index in [1.54, 1.807) is 0 Å². The monoisotopic (exact) mass is 266 g/mol. The Hall–Kier alpha value is -0.630. The maximum atomic E-state index is 5.85. The second kappa shape index (κ2) is 8.47. The normalized spacial score (nSPS) is 10.7. The van der Waals surface area contributed by atoms with Crippen LogP contribution in [0.4, 0.5) is 0 Å². The van der Waals surface area contributed by atoms with Crippen LogP contribution in [0.25, 0.3) is 0 Å². The standard InChI is InChI=1S/C16H26OS/c1-4-5-6-7-8-9-12-17-15-10-11-16(18)14(3)13(15)2/h10-11,18H,4-9,12H2,1-3H3. The second-order valence-corrected chi connectivity index (χ2v) is 5.43. The van der Waals surface area contributed by atoms with Crippen molar-refractivity contribution in [2.24, 2.45) is 0 Å². The highest BCUT2D eigenvalue weighted by molar-refractivity contribution is 7.80. The van der Waals surface area contributed by atoms with Gasteiger partial charge in [-0.2, -0.15) is 0 Å². The van der Waals surface area contributed by atoms with E-state index in [0.29, 0.717) is 0 Å². The van der Waals surface area contributed by atoms with E-state index >= 15 is 0 Å². The summed E-state index contributed by atoms with van der Waals surface area (Å²) >= 11 is 4.42. The molecular weight excluding hydrogens is 240 g/mol. The molecule has 0 saturated carbocycles. The lowest BCUT2D eigenvalue weighted by molar-refractivity contribution is 0.302. The molecule has 0 atom stereocenters. The first-order valence-electron chi connectivity index (χ1n) is 7.08. The van der Waals surface area contributed by atoms with Gasteiger partial charge in [0.2, 0.25) is 0 Å². The van der Waals surface area contributed by atoms with Gasteiger partial charge in [0.1, 0.15) is 5.75 Å². The molecule has 0 heterocycles. The third-order valence-corrected chi connectivity index (χ3v) is 3.95. The number of hydrogen-bond acceptors (Lipinski definition) is 2. The smallest absolute Gasteiger partial charge is 0.122 e. The molecule has 1 nitrogen and oxygen atoms in total. The van der Waals surface area contributed by atoms with E-state index in [4.69, 9.17) is 4.74 Å². The fourth-order valence-corrected chi connectivity index (χ4v) is 2.24. The van der Waals surface area contributed by atoms with Gasteiger partial charge in [0.15, 0.2) is 0 Å². The molecule has 1 aromatic carbocycles. The Balaban J connectivity index is 2.25. The zero-order valence-corrected chi connectivity index (χ0v) is 12.9. The highest BCUT2D eigenvalue weighted by Gasteiger charge is 2.04. The van der Waals surface area contributed by atoms with Gasteiger partial charge in [-0.15, -0.1) is 12.6 Å². The van der Waals surface area contributed by atoms with Crippen LogP contribution in [0.1, 0.15) is 56.6 Å². The summed E-state index contributed by atoms with van der Waals surface area (Å²) in [5.41, 5.74) is 2.44. The first-order chi connectivity index (χ1) is 8.66. The lowest BCUT2D eigenvalue weighted by Gasteiger charge is -2.12. The lowest BCUT2D eigenvalue weighted by atomic mass is 10.1. The number of benzene rings is 1. The average Bonchev–Trinajstić information content (AvgIpc) is 2.37. The van der Waals surface area contributed by atoms with Gasteiger partial charge >= 0.3 is 0 Å². The maximum Gasteiger partial charge on any atom is 0.122 e. The Kier molecular flexibility index (Phi) is 7.26. The maximum absolute atomic E-state index is 5.85. The van der Waals surface area contributed by atoms with Crippen molar-refractivity contribution in [1.82, 2.24) is 0 Å². The van der Waals surface area contributed by atoms with Crippen LogP contribution in [0.5, 0.6) is 5.75 Å². The molecule has 0 aromatic heterocycles. The first-order valence-corrected chi connectivity index (χ1v) is 7.53. The van der Waals surface area contributed by atoms with Crippen molar-refractivity contribution in [3.05, 3.63) is 23.3 Å². The van der Waals surface area contributed by atoms with E-state index in [-0.39, 0.29) is 0 Å². The molecule has 0 saturated heterocycles. The van der Waals surface area contributed by atoms with Gasteiger partial charge in [-0.1, -0.05) is 39.0 Å². The van der Waals surface area contributed by atoms with E-state index in [9.17, 15) is 0 Å². The Bertz CT molecular complexity index is 360. The summed E-state index contributed by atoms with van der Waals surface area (Å²) in [6.07, 6.45) is 7.81. The molecule has 0 unspecified atom stereocenters. The second-order valence-electron chi connectivity index (χ2n) is 4.95. The molecule has 0 spiro atoms. The molecule has 0 aliphatic rings. The predicted octanol–water partition coefficient (Wildman–Crippen LogP) is 5.33. The number of thiol groups is 1. The minimum atomic E-state index is 0.832. The van der Waals surface area contributed by atoms with Crippen molar-refractivity contribution >= 4 is 12.6 Å². The van der Waals surface area contributed by atoms with Gasteiger partial charge in [0.25, 0.3) is 0 Å². The van der Waals surface area contributed by atoms with Gasteiger partial charge in [0.05, 0.1) is 6.61 Å². The summed E-state index contributed by atoms with van der Waals surface area (Å²) in [5.74, 6) is 1.01. The minimum absolute atomic E-state index is 0.832. The molecule has 0 aliphatic heterocycles. The van der Waals surface area contributed by atoms with Crippen LogP contribution < -0.4 is 4.74 Å². The Morgan fingerprint density at radius 2 is 1.61 bits per heavy atom. The van der Waals surface area contributed by atoms with Crippen LogP contribution in [0.15, 0.2) is 17.0 Å². The SMILES string of the molecule is CCCCCCCCOc1ccc(S)c(C)c1C. The number of unbranched alkanes of at least 4 members (excludes halogenated alkanes) is 5. The van der Waals surface area contributed by atoms with E-state index in [1.165, 1.54) is 43.2 Å². The molecule has 0 aliphatic carbocycles. The molecule has 0 N–H and O–H groups in total. The van der Waals surface area contributed by atoms with Crippen molar-refractivity contribution in [3.63, 3.8) is 0 Å². The summed E-state index contributed by atoms with van der Waals surface area (Å²) in [4.78, 5) is 1.04. The molecule has 0 bridgehead atoms. The Morgan fingerprint density at radius 3 is 2.33 bits per heavy atom. The number of ether oxygens (including phenoxy) is 1. The van der Waals surface area contributed by atoms with E-state index in [2.05, 4.69) is 33.4 Å². The minimum Gasteiger partial charge on any atom is -0.493 e. The van der Waals surface area contributed by atoms with Crippen molar-refractivity contribution < 1.29 is 4.74 Å². The van der Waals surface area contributed by atoms with Crippen molar-refractivity contribution in [2.75, 3.05) is 6.61 Å². The zero-order valence-electron chi connectivity index (χ0n) is 12.0. The van der Waals surface area contributed by atoms with Gasteiger partial charge < -0.3 is 4.74 Å². The summed E-state index contributed by atoms with van der Waals surface area (Å²) in [5, 5.41) is 0. The highest BCUT2D eigenvalue weighted by atomic mass is 32.1.